The van der Waals surface area contributed by atoms with Gasteiger partial charge in [0.15, 0.2) is 0 Å². The van der Waals surface area contributed by atoms with Crippen molar-refractivity contribution in [1.82, 2.24) is 0 Å². The molecule has 2 aliphatic carbocycles. The zero-order valence-corrected chi connectivity index (χ0v) is 19.4. The van der Waals surface area contributed by atoms with Crippen LogP contribution < -0.4 is 0 Å². The van der Waals surface area contributed by atoms with Gasteiger partial charge < -0.3 is 19.8 Å². The van der Waals surface area contributed by atoms with Gasteiger partial charge in [0, 0.05) is 0 Å². The van der Waals surface area contributed by atoms with Crippen molar-refractivity contribution >= 4 is 8.24 Å². The van der Waals surface area contributed by atoms with Crippen molar-refractivity contribution in [3.8, 4) is 0 Å². The van der Waals surface area contributed by atoms with Gasteiger partial charge in [-0.3, -0.25) is 0 Å². The molecule has 0 aliphatic heterocycles. The molecule has 22 heavy (non-hydrogen) atoms. The van der Waals surface area contributed by atoms with E-state index in [1.807, 2.05) is 0 Å². The van der Waals surface area contributed by atoms with Gasteiger partial charge in [0.1, 0.15) is 0 Å². The summed E-state index contributed by atoms with van der Waals surface area (Å²) in [4.78, 5) is 5.26. The minimum atomic E-state index is -1.53. The minimum Gasteiger partial charge on any atom is -0.660 e. The van der Waals surface area contributed by atoms with Crippen molar-refractivity contribution in [3.63, 3.8) is 0 Å². The third-order valence-corrected chi connectivity index (χ3v) is 8.53. The van der Waals surface area contributed by atoms with Crippen LogP contribution in [0.2, 0.25) is 18.6 Å². The van der Waals surface area contributed by atoms with Gasteiger partial charge in [-0.2, -0.15) is 0 Å². The Hall–Kier alpha value is 0.540. The van der Waals surface area contributed by atoms with Crippen molar-refractivity contribution in [2.24, 2.45) is 17.8 Å². The predicted molar refractivity (Wildman–Crippen MR) is 101 cm³/mol. The standard InChI is InChI=1S/C17H30NSi.2CH3.Zr/c1-7-13-12-16(15-11-9-8-10-14(13)15)19(5,6)18-17(2,3)4;;;/h8-11,13-16H,7,12H2,1-6H3;2*1H3;/q3*-1;+4. The molecule has 1 nitrogen and oxygen atoms in total. The molecule has 0 bridgehead atoms. The Bertz CT molecular complexity index is 381. The molecule has 1 fully saturated rings. The van der Waals surface area contributed by atoms with Gasteiger partial charge in [-0.15, -0.1) is 5.54 Å². The van der Waals surface area contributed by atoms with Crippen LogP contribution in [0.4, 0.5) is 0 Å². The number of hydrogen-bond donors (Lipinski definition) is 0. The summed E-state index contributed by atoms with van der Waals surface area (Å²) in [6, 6.07) is 0. The molecule has 2 rings (SSSR count). The average molecular weight is 398 g/mol. The molecule has 0 radical (unpaired) electrons. The summed E-state index contributed by atoms with van der Waals surface area (Å²) in [6.07, 6.45) is 12.1. The fourth-order valence-corrected chi connectivity index (χ4v) is 8.35. The molecular weight excluding hydrogens is 362 g/mol. The molecule has 0 amide bonds. The summed E-state index contributed by atoms with van der Waals surface area (Å²) in [6.45, 7) is 14.1. The van der Waals surface area contributed by atoms with Gasteiger partial charge in [-0.1, -0.05) is 91.7 Å². The molecule has 0 aromatic rings. The van der Waals surface area contributed by atoms with Gasteiger partial charge in [-0.05, 0) is 17.8 Å². The number of allylic oxidation sites excluding steroid dienone is 4. The zero-order valence-electron chi connectivity index (χ0n) is 16.0. The molecule has 3 heteroatoms. The van der Waals surface area contributed by atoms with E-state index in [1.165, 1.54) is 12.8 Å². The van der Waals surface area contributed by atoms with E-state index in [0.29, 0.717) is 0 Å². The van der Waals surface area contributed by atoms with E-state index >= 15 is 0 Å². The van der Waals surface area contributed by atoms with Crippen molar-refractivity contribution in [3.05, 3.63) is 44.1 Å². The maximum Gasteiger partial charge on any atom is 4.00 e. The normalized spacial score (nSPS) is 29.9. The monoisotopic (exact) mass is 396 g/mol. The van der Waals surface area contributed by atoms with Crippen LogP contribution in [-0.2, 0) is 26.2 Å². The number of nitrogens with zero attached hydrogens (tertiary/aromatic N) is 1. The van der Waals surface area contributed by atoms with Gasteiger partial charge >= 0.3 is 26.2 Å². The summed E-state index contributed by atoms with van der Waals surface area (Å²) in [7, 11) is -1.53. The average Bonchev–Trinajstić information content (AvgIpc) is 2.65. The smallest absolute Gasteiger partial charge is 0.660 e. The second-order valence-electron chi connectivity index (χ2n) is 7.87. The fourth-order valence-electron chi connectivity index (χ4n) is 4.30. The first-order valence-electron chi connectivity index (χ1n) is 7.83. The van der Waals surface area contributed by atoms with Crippen molar-refractivity contribution in [2.45, 2.75) is 64.7 Å². The van der Waals surface area contributed by atoms with Crippen LogP contribution in [-0.4, -0.2) is 13.8 Å². The summed E-state index contributed by atoms with van der Waals surface area (Å²) >= 11 is 0. The molecule has 0 saturated heterocycles. The first-order valence-corrected chi connectivity index (χ1v) is 10.9. The van der Waals surface area contributed by atoms with Crippen molar-refractivity contribution in [2.75, 3.05) is 0 Å². The summed E-state index contributed by atoms with van der Waals surface area (Å²) in [5.74, 6) is 2.41. The van der Waals surface area contributed by atoms with Gasteiger partial charge in [0.05, 0.1) is 0 Å². The van der Waals surface area contributed by atoms with Gasteiger partial charge in [-0.25, -0.2) is 0 Å². The Morgan fingerprint density at radius 2 is 1.55 bits per heavy atom. The van der Waals surface area contributed by atoms with Crippen molar-refractivity contribution < 1.29 is 26.2 Å². The first kappa shape index (κ1) is 24.8. The molecule has 0 spiro atoms. The molecule has 0 heterocycles. The van der Waals surface area contributed by atoms with Crippen LogP contribution >= 0.6 is 0 Å². The third-order valence-electron chi connectivity index (χ3n) is 4.84. The first-order chi connectivity index (χ1) is 8.74. The minimum absolute atomic E-state index is 0. The van der Waals surface area contributed by atoms with E-state index in [2.05, 4.69) is 65.1 Å². The van der Waals surface area contributed by atoms with Gasteiger partial charge in [0.2, 0.25) is 0 Å². The largest absolute Gasteiger partial charge is 4.00 e. The molecule has 2 aliphatic rings. The Labute approximate surface area is 160 Å². The molecule has 0 aromatic carbocycles. The summed E-state index contributed by atoms with van der Waals surface area (Å²) in [5.41, 5.74) is 0.937. The Morgan fingerprint density at radius 3 is 2.00 bits per heavy atom. The number of rotatable bonds is 3. The quantitative estimate of drug-likeness (QED) is 0.385. The van der Waals surface area contributed by atoms with Crippen LogP contribution in [0.15, 0.2) is 24.3 Å². The van der Waals surface area contributed by atoms with Gasteiger partial charge in [0.25, 0.3) is 0 Å². The molecule has 0 aromatic heterocycles. The Morgan fingerprint density at radius 1 is 1.05 bits per heavy atom. The maximum absolute atomic E-state index is 5.26. The van der Waals surface area contributed by atoms with Crippen LogP contribution in [0, 0.1) is 32.6 Å². The molecule has 0 N–H and O–H groups in total. The van der Waals surface area contributed by atoms with Crippen LogP contribution in [0.3, 0.4) is 0 Å². The number of hydrogen-bond acceptors (Lipinski definition) is 0. The SMILES string of the molecule is CCC1CC([Si](C)(C)[N-]C(C)(C)C)C2C=CC=CC12.[CH3-].[CH3-].[Zr+4]. The van der Waals surface area contributed by atoms with E-state index in [0.717, 1.165) is 23.3 Å². The Balaban J connectivity index is 0. The second kappa shape index (κ2) is 9.14. The van der Waals surface area contributed by atoms with E-state index in [9.17, 15) is 0 Å². The Kier molecular flexibility index (Phi) is 10.3. The predicted octanol–water partition coefficient (Wildman–Crippen LogP) is 6.42. The number of fused-ring (bicyclic) bond motifs is 1. The molecule has 4 atom stereocenters. The molecular formula is C19H36NSiZr+. The fraction of sp³-hybridized carbons (Fsp3) is 0.684. The summed E-state index contributed by atoms with van der Waals surface area (Å²) < 4.78 is 0. The molecule has 124 valence electrons. The van der Waals surface area contributed by atoms with Crippen LogP contribution in [0.25, 0.3) is 4.98 Å². The summed E-state index contributed by atoms with van der Waals surface area (Å²) in [5, 5.41) is 0. The molecule has 4 unspecified atom stereocenters. The molecule has 1 saturated carbocycles. The zero-order chi connectivity index (χ0) is 14.3. The van der Waals surface area contributed by atoms with E-state index in [4.69, 9.17) is 4.98 Å². The third kappa shape index (κ3) is 5.56. The van der Waals surface area contributed by atoms with Crippen LogP contribution in [0.5, 0.6) is 0 Å². The van der Waals surface area contributed by atoms with Crippen molar-refractivity contribution in [1.29, 1.82) is 0 Å². The van der Waals surface area contributed by atoms with E-state index < -0.39 is 8.24 Å². The van der Waals surface area contributed by atoms with Crippen LogP contribution in [0.1, 0.15) is 40.5 Å². The topological polar surface area (TPSA) is 14.1 Å². The van der Waals surface area contributed by atoms with E-state index in [1.54, 1.807) is 0 Å². The van der Waals surface area contributed by atoms with E-state index in [-0.39, 0.29) is 46.6 Å². The second-order valence-corrected chi connectivity index (χ2v) is 12.1. The maximum atomic E-state index is 5.26.